The van der Waals surface area contributed by atoms with Gasteiger partial charge in [0.25, 0.3) is 23.6 Å². The van der Waals surface area contributed by atoms with Crippen molar-refractivity contribution < 1.29 is 28.3 Å². The van der Waals surface area contributed by atoms with Crippen molar-refractivity contribution in [3.05, 3.63) is 83.8 Å². The van der Waals surface area contributed by atoms with Crippen LogP contribution in [-0.4, -0.2) is 36.8 Å². The molecule has 0 radical (unpaired) electrons. The standard InChI is InChI=1S/C26H28N4O6/c1-4-16(2)22(26(34)30-29-23(31)17-11-13-18(35-3)14-12-17)28-24(32)19-8-5-6-9-20(19)27-25(33)21-10-7-15-36-21/h5-16,22H,4H2,1-3H3,(H,27,33)(H,28,32)(H,29,31)(H,30,34)/t16-,22-/m0/s1. The number of amides is 4. The van der Waals surface area contributed by atoms with E-state index in [-0.39, 0.29) is 22.9 Å². The Labute approximate surface area is 208 Å². The summed E-state index contributed by atoms with van der Waals surface area (Å²) in [6.45, 7) is 3.69. The minimum atomic E-state index is -0.951. The normalized spacial score (nSPS) is 12.1. The Balaban J connectivity index is 1.68. The summed E-state index contributed by atoms with van der Waals surface area (Å²) in [4.78, 5) is 50.8. The number of nitrogens with one attached hydrogen (secondary N) is 4. The number of furan rings is 1. The zero-order chi connectivity index (χ0) is 26.1. The average Bonchev–Trinajstić information content (AvgIpc) is 3.45. The van der Waals surface area contributed by atoms with Crippen LogP contribution in [0.15, 0.2) is 71.3 Å². The Bertz CT molecular complexity index is 1210. The van der Waals surface area contributed by atoms with E-state index in [4.69, 9.17) is 9.15 Å². The van der Waals surface area contributed by atoms with Gasteiger partial charge in [-0.2, -0.15) is 0 Å². The fraction of sp³-hybridized carbons (Fsp3) is 0.231. The maximum Gasteiger partial charge on any atom is 0.291 e. The fourth-order valence-electron chi connectivity index (χ4n) is 3.31. The van der Waals surface area contributed by atoms with E-state index in [1.165, 1.54) is 25.5 Å². The summed E-state index contributed by atoms with van der Waals surface area (Å²) < 4.78 is 10.2. The lowest BCUT2D eigenvalue weighted by Crippen LogP contribution is -2.54. The largest absolute Gasteiger partial charge is 0.497 e. The van der Waals surface area contributed by atoms with Gasteiger partial charge in [-0.15, -0.1) is 0 Å². The van der Waals surface area contributed by atoms with Crippen LogP contribution in [0.1, 0.15) is 51.5 Å². The van der Waals surface area contributed by atoms with E-state index in [0.29, 0.717) is 17.7 Å². The van der Waals surface area contributed by atoms with Crippen molar-refractivity contribution in [3.8, 4) is 5.75 Å². The molecule has 0 fully saturated rings. The SMILES string of the molecule is CC[C@H](C)[C@H](NC(=O)c1ccccc1NC(=O)c1ccco1)C(=O)NNC(=O)c1ccc(OC)cc1. The molecule has 0 aliphatic carbocycles. The smallest absolute Gasteiger partial charge is 0.291 e. The Hall–Kier alpha value is -4.60. The molecule has 0 aliphatic rings. The zero-order valence-electron chi connectivity index (χ0n) is 20.2. The number of anilines is 1. The Morgan fingerprint density at radius 3 is 2.25 bits per heavy atom. The number of hydrazine groups is 1. The maximum absolute atomic E-state index is 13.1. The number of hydrogen-bond donors (Lipinski definition) is 4. The minimum Gasteiger partial charge on any atom is -0.497 e. The number of carbonyl (C=O) groups is 4. The molecule has 188 valence electrons. The topological polar surface area (TPSA) is 139 Å². The van der Waals surface area contributed by atoms with Crippen molar-refractivity contribution >= 4 is 29.3 Å². The molecule has 1 heterocycles. The summed E-state index contributed by atoms with van der Waals surface area (Å²) in [5.74, 6) is -1.75. The second-order valence-corrected chi connectivity index (χ2v) is 7.99. The van der Waals surface area contributed by atoms with E-state index in [0.717, 1.165) is 0 Å². The van der Waals surface area contributed by atoms with E-state index < -0.39 is 29.7 Å². The van der Waals surface area contributed by atoms with Gasteiger partial charge in [-0.05, 0) is 54.4 Å². The Morgan fingerprint density at radius 2 is 1.61 bits per heavy atom. The molecule has 3 aromatic rings. The van der Waals surface area contributed by atoms with Crippen LogP contribution in [0.3, 0.4) is 0 Å². The highest BCUT2D eigenvalue weighted by molar-refractivity contribution is 6.08. The molecule has 0 unspecified atom stereocenters. The summed E-state index contributed by atoms with van der Waals surface area (Å²) in [6.07, 6.45) is 1.96. The van der Waals surface area contributed by atoms with Crippen molar-refractivity contribution in [3.63, 3.8) is 0 Å². The molecule has 0 spiro atoms. The van der Waals surface area contributed by atoms with Crippen LogP contribution >= 0.6 is 0 Å². The number of carbonyl (C=O) groups excluding carboxylic acids is 4. The van der Waals surface area contributed by atoms with Crippen molar-refractivity contribution in [2.45, 2.75) is 26.3 Å². The van der Waals surface area contributed by atoms with Crippen LogP contribution in [-0.2, 0) is 4.79 Å². The summed E-state index contributed by atoms with van der Waals surface area (Å²) in [6, 6.07) is 14.9. The molecule has 10 heteroatoms. The first-order chi connectivity index (χ1) is 17.3. The van der Waals surface area contributed by atoms with Crippen molar-refractivity contribution in [2.75, 3.05) is 12.4 Å². The van der Waals surface area contributed by atoms with Crippen molar-refractivity contribution in [1.82, 2.24) is 16.2 Å². The molecule has 0 bridgehead atoms. The Kier molecular flexibility index (Phi) is 8.82. The first-order valence-corrected chi connectivity index (χ1v) is 11.3. The van der Waals surface area contributed by atoms with E-state index >= 15 is 0 Å². The molecule has 0 aliphatic heterocycles. The van der Waals surface area contributed by atoms with Crippen LogP contribution in [0.2, 0.25) is 0 Å². The van der Waals surface area contributed by atoms with Gasteiger partial charge in [0.15, 0.2) is 5.76 Å². The number of methoxy groups -OCH3 is 1. The number of hydrogen-bond acceptors (Lipinski definition) is 6. The maximum atomic E-state index is 13.1. The van der Waals surface area contributed by atoms with Gasteiger partial charge < -0.3 is 19.8 Å². The first-order valence-electron chi connectivity index (χ1n) is 11.3. The molecule has 2 aromatic carbocycles. The van der Waals surface area contributed by atoms with Crippen molar-refractivity contribution in [2.24, 2.45) is 5.92 Å². The third kappa shape index (κ3) is 6.50. The van der Waals surface area contributed by atoms with E-state index in [9.17, 15) is 19.2 Å². The molecule has 2 atom stereocenters. The number of rotatable bonds is 9. The van der Waals surface area contributed by atoms with Gasteiger partial charge in [-0.25, -0.2) is 0 Å². The quantitative estimate of drug-likeness (QED) is 0.339. The van der Waals surface area contributed by atoms with Gasteiger partial charge >= 0.3 is 0 Å². The lowest BCUT2D eigenvalue weighted by molar-refractivity contribution is -0.124. The number of ether oxygens (including phenoxy) is 1. The van der Waals surface area contributed by atoms with Gasteiger partial charge in [0.2, 0.25) is 0 Å². The highest BCUT2D eigenvalue weighted by Crippen LogP contribution is 2.18. The molecule has 10 nitrogen and oxygen atoms in total. The molecule has 0 saturated carbocycles. The summed E-state index contributed by atoms with van der Waals surface area (Å²) in [7, 11) is 1.52. The molecule has 0 saturated heterocycles. The lowest BCUT2D eigenvalue weighted by atomic mass is 9.98. The second-order valence-electron chi connectivity index (χ2n) is 7.99. The van der Waals surface area contributed by atoms with Gasteiger partial charge in [0.05, 0.1) is 24.6 Å². The summed E-state index contributed by atoms with van der Waals surface area (Å²) in [5.41, 5.74) is 5.49. The van der Waals surface area contributed by atoms with Gasteiger partial charge in [-0.3, -0.25) is 30.0 Å². The highest BCUT2D eigenvalue weighted by Gasteiger charge is 2.28. The van der Waals surface area contributed by atoms with Gasteiger partial charge in [0, 0.05) is 5.56 Å². The monoisotopic (exact) mass is 492 g/mol. The van der Waals surface area contributed by atoms with Gasteiger partial charge in [0.1, 0.15) is 11.8 Å². The fourth-order valence-corrected chi connectivity index (χ4v) is 3.31. The van der Waals surface area contributed by atoms with E-state index in [2.05, 4.69) is 21.5 Å². The van der Waals surface area contributed by atoms with Crippen molar-refractivity contribution in [1.29, 1.82) is 0 Å². The van der Waals surface area contributed by atoms with Crippen LogP contribution in [0.25, 0.3) is 0 Å². The molecule has 1 aromatic heterocycles. The molecule has 4 amide bonds. The number of para-hydroxylation sites is 1. The third-order valence-corrected chi connectivity index (χ3v) is 5.60. The molecule has 36 heavy (non-hydrogen) atoms. The van der Waals surface area contributed by atoms with Crippen LogP contribution in [0.5, 0.6) is 5.75 Å². The van der Waals surface area contributed by atoms with Crippen LogP contribution < -0.4 is 26.2 Å². The first kappa shape index (κ1) is 26.0. The molecule has 3 rings (SSSR count). The molecular weight excluding hydrogens is 464 g/mol. The summed E-state index contributed by atoms with van der Waals surface area (Å²) in [5, 5.41) is 5.36. The Morgan fingerprint density at radius 1 is 0.889 bits per heavy atom. The predicted molar refractivity (Wildman–Crippen MR) is 132 cm³/mol. The molecular formula is C26H28N4O6. The number of benzene rings is 2. The second kappa shape index (κ2) is 12.2. The highest BCUT2D eigenvalue weighted by atomic mass is 16.5. The lowest BCUT2D eigenvalue weighted by Gasteiger charge is -2.24. The zero-order valence-corrected chi connectivity index (χ0v) is 20.2. The average molecular weight is 493 g/mol. The summed E-state index contributed by atoms with van der Waals surface area (Å²) >= 11 is 0. The third-order valence-electron chi connectivity index (χ3n) is 5.60. The minimum absolute atomic E-state index is 0.0923. The van der Waals surface area contributed by atoms with E-state index in [1.807, 2.05) is 6.92 Å². The molecule has 4 N–H and O–H groups in total. The van der Waals surface area contributed by atoms with Crippen LogP contribution in [0, 0.1) is 5.92 Å². The van der Waals surface area contributed by atoms with Crippen LogP contribution in [0.4, 0.5) is 5.69 Å². The predicted octanol–water partition coefficient (Wildman–Crippen LogP) is 3.15. The van der Waals surface area contributed by atoms with Gasteiger partial charge in [-0.1, -0.05) is 32.4 Å². The van der Waals surface area contributed by atoms with E-state index in [1.54, 1.807) is 55.5 Å².